The predicted octanol–water partition coefficient (Wildman–Crippen LogP) is -2.53. The molecule has 1 aromatic heterocycles. The molecule has 0 aromatic carbocycles. The van der Waals surface area contributed by atoms with Gasteiger partial charge in [0.15, 0.2) is 5.69 Å². The van der Waals surface area contributed by atoms with Gasteiger partial charge in [-0.15, -0.1) is 4.57 Å². The van der Waals surface area contributed by atoms with Crippen molar-refractivity contribution in [2.45, 2.75) is 19.9 Å². The number of amides is 1. The van der Waals surface area contributed by atoms with Crippen molar-refractivity contribution < 1.29 is 26.3 Å². The van der Waals surface area contributed by atoms with Crippen molar-refractivity contribution in [1.29, 1.82) is 0 Å². The SMILES string of the molecule is C=C(C)C[n+]1cc2n(c1)C(=O)NCC2.[Br-]. The Morgan fingerprint density at radius 1 is 1.73 bits per heavy atom. The molecule has 2 rings (SSSR count). The van der Waals surface area contributed by atoms with Crippen molar-refractivity contribution in [2.24, 2.45) is 0 Å². The number of hydrogen-bond donors (Lipinski definition) is 1. The minimum atomic E-state index is -0.0354. The Labute approximate surface area is 99.4 Å². The summed E-state index contributed by atoms with van der Waals surface area (Å²) in [6.07, 6.45) is 4.72. The van der Waals surface area contributed by atoms with Crippen LogP contribution >= 0.6 is 0 Å². The Bertz CT molecular complexity index is 397. The van der Waals surface area contributed by atoms with E-state index >= 15 is 0 Å². The normalized spacial score (nSPS) is 13.8. The smallest absolute Gasteiger partial charge is 0.413 e. The lowest BCUT2D eigenvalue weighted by atomic mass is 10.3. The molecule has 1 aliphatic heterocycles. The van der Waals surface area contributed by atoms with Crippen LogP contribution < -0.4 is 26.9 Å². The molecule has 0 atom stereocenters. The molecule has 4 nitrogen and oxygen atoms in total. The lowest BCUT2D eigenvalue weighted by molar-refractivity contribution is -0.688. The van der Waals surface area contributed by atoms with Gasteiger partial charge in [-0.1, -0.05) is 6.58 Å². The predicted molar refractivity (Wildman–Crippen MR) is 51.9 cm³/mol. The number of aromatic nitrogens is 2. The van der Waals surface area contributed by atoms with Gasteiger partial charge in [-0.3, -0.25) is 0 Å². The van der Waals surface area contributed by atoms with Crippen LogP contribution in [0.1, 0.15) is 12.6 Å². The molecule has 2 heterocycles. The molecular formula is C10H14BrN3O. The fourth-order valence-corrected chi connectivity index (χ4v) is 1.66. The first-order valence-electron chi connectivity index (χ1n) is 4.70. The second-order valence-corrected chi connectivity index (χ2v) is 3.72. The molecule has 82 valence electrons. The highest BCUT2D eigenvalue weighted by atomic mass is 79.9. The van der Waals surface area contributed by atoms with Gasteiger partial charge in [-0.2, -0.15) is 0 Å². The minimum absolute atomic E-state index is 0. The van der Waals surface area contributed by atoms with Gasteiger partial charge in [-0.05, 0) is 12.5 Å². The van der Waals surface area contributed by atoms with Gasteiger partial charge in [0.2, 0.25) is 0 Å². The highest BCUT2D eigenvalue weighted by molar-refractivity contribution is 5.78. The maximum atomic E-state index is 11.4. The fourth-order valence-electron chi connectivity index (χ4n) is 1.66. The summed E-state index contributed by atoms with van der Waals surface area (Å²) in [4.78, 5) is 11.4. The quantitative estimate of drug-likeness (QED) is 0.468. The van der Waals surface area contributed by atoms with Crippen LogP contribution in [0, 0.1) is 0 Å². The van der Waals surface area contributed by atoms with Crippen LogP contribution in [-0.4, -0.2) is 17.1 Å². The second kappa shape index (κ2) is 4.61. The van der Waals surface area contributed by atoms with Gasteiger partial charge in [0, 0.05) is 13.0 Å². The fraction of sp³-hybridized carbons (Fsp3) is 0.400. The van der Waals surface area contributed by atoms with E-state index in [1.54, 1.807) is 4.57 Å². The van der Waals surface area contributed by atoms with E-state index in [1.165, 1.54) is 0 Å². The molecule has 1 aliphatic rings. The van der Waals surface area contributed by atoms with Crippen molar-refractivity contribution >= 4 is 6.03 Å². The molecule has 5 heteroatoms. The molecule has 1 aromatic rings. The van der Waals surface area contributed by atoms with E-state index in [4.69, 9.17) is 0 Å². The van der Waals surface area contributed by atoms with Gasteiger partial charge in [0.05, 0.1) is 0 Å². The van der Waals surface area contributed by atoms with E-state index in [-0.39, 0.29) is 23.0 Å². The zero-order chi connectivity index (χ0) is 10.1. The van der Waals surface area contributed by atoms with E-state index in [0.717, 1.165) is 30.8 Å². The Balaban J connectivity index is 0.00000112. The summed E-state index contributed by atoms with van der Waals surface area (Å²) in [6.45, 7) is 7.32. The maximum absolute atomic E-state index is 11.4. The van der Waals surface area contributed by atoms with Crippen LogP contribution in [0.25, 0.3) is 0 Å². The second-order valence-electron chi connectivity index (χ2n) is 3.72. The first-order chi connectivity index (χ1) is 6.66. The average molecular weight is 272 g/mol. The number of rotatable bonds is 2. The summed E-state index contributed by atoms with van der Waals surface area (Å²) in [5.74, 6) is 0. The van der Waals surface area contributed by atoms with E-state index in [1.807, 2.05) is 24.0 Å². The van der Waals surface area contributed by atoms with Crippen LogP contribution in [0.5, 0.6) is 0 Å². The summed E-state index contributed by atoms with van der Waals surface area (Å²) in [7, 11) is 0. The van der Waals surface area contributed by atoms with Gasteiger partial charge in [0.1, 0.15) is 12.7 Å². The number of carbonyl (C=O) groups excluding carboxylic acids is 1. The molecule has 0 fully saturated rings. The molecule has 15 heavy (non-hydrogen) atoms. The van der Waals surface area contributed by atoms with Gasteiger partial charge < -0.3 is 22.3 Å². The van der Waals surface area contributed by atoms with Crippen molar-refractivity contribution in [3.8, 4) is 0 Å². The number of allylic oxidation sites excluding steroid dienone is 1. The minimum Gasteiger partial charge on any atom is -1.00 e. The summed E-state index contributed by atoms with van der Waals surface area (Å²) in [5.41, 5.74) is 2.15. The van der Waals surface area contributed by atoms with E-state index in [9.17, 15) is 4.79 Å². The van der Waals surface area contributed by atoms with Crippen molar-refractivity contribution in [1.82, 2.24) is 9.88 Å². The summed E-state index contributed by atoms with van der Waals surface area (Å²) in [5, 5.41) is 2.79. The first kappa shape index (κ1) is 12.0. The monoisotopic (exact) mass is 271 g/mol. The number of carbonyl (C=O) groups is 1. The molecule has 0 bridgehead atoms. The standard InChI is InChI=1S/C10H13N3O.BrH/c1-8(2)5-12-6-9-3-4-11-10(14)13(9)7-12;/h6-7H,1,3-5H2,2H3;1H. The zero-order valence-electron chi connectivity index (χ0n) is 8.66. The Morgan fingerprint density at radius 2 is 2.47 bits per heavy atom. The molecule has 0 unspecified atom stereocenters. The highest BCUT2D eigenvalue weighted by Crippen LogP contribution is 2.03. The first-order valence-corrected chi connectivity index (χ1v) is 4.70. The Hall–Kier alpha value is -1.10. The maximum Gasteiger partial charge on any atom is 0.413 e. The largest absolute Gasteiger partial charge is 1.00 e. The number of imidazole rings is 1. The Kier molecular flexibility index (Phi) is 3.68. The highest BCUT2D eigenvalue weighted by Gasteiger charge is 2.23. The lowest BCUT2D eigenvalue weighted by Gasteiger charge is -2.07. The van der Waals surface area contributed by atoms with Gasteiger partial charge >= 0.3 is 6.03 Å². The average Bonchev–Trinajstić information content (AvgIpc) is 2.47. The lowest BCUT2D eigenvalue weighted by Crippen LogP contribution is -3.00. The van der Waals surface area contributed by atoms with Crippen LogP contribution in [0.2, 0.25) is 0 Å². The van der Waals surface area contributed by atoms with E-state index < -0.39 is 0 Å². The van der Waals surface area contributed by atoms with Crippen LogP contribution in [-0.2, 0) is 13.0 Å². The van der Waals surface area contributed by atoms with E-state index in [0.29, 0.717) is 0 Å². The molecule has 0 spiro atoms. The number of halogens is 1. The molecule has 0 saturated heterocycles. The molecular weight excluding hydrogens is 258 g/mol. The summed E-state index contributed by atoms with van der Waals surface area (Å²) in [6, 6.07) is -0.0354. The summed E-state index contributed by atoms with van der Waals surface area (Å²) < 4.78 is 3.65. The van der Waals surface area contributed by atoms with Crippen molar-refractivity contribution in [2.75, 3.05) is 6.54 Å². The van der Waals surface area contributed by atoms with Crippen molar-refractivity contribution in [3.63, 3.8) is 0 Å². The third-order valence-corrected chi connectivity index (χ3v) is 2.22. The number of hydrogen-bond acceptors (Lipinski definition) is 1. The molecule has 1 amide bonds. The number of fused-ring (bicyclic) bond motifs is 1. The number of nitrogens with zero attached hydrogens (tertiary/aromatic N) is 2. The van der Waals surface area contributed by atoms with Crippen LogP contribution in [0.15, 0.2) is 24.7 Å². The third-order valence-electron chi connectivity index (χ3n) is 2.22. The Morgan fingerprint density at radius 3 is 3.07 bits per heavy atom. The van der Waals surface area contributed by atoms with Crippen molar-refractivity contribution in [3.05, 3.63) is 30.4 Å². The molecule has 0 saturated carbocycles. The molecule has 1 N–H and O–H groups in total. The zero-order valence-corrected chi connectivity index (χ0v) is 10.2. The van der Waals surface area contributed by atoms with Gasteiger partial charge in [0.25, 0.3) is 6.33 Å². The number of nitrogens with one attached hydrogen (secondary N) is 1. The molecule has 0 radical (unpaired) electrons. The van der Waals surface area contributed by atoms with E-state index in [2.05, 4.69) is 11.9 Å². The molecule has 0 aliphatic carbocycles. The van der Waals surface area contributed by atoms with Gasteiger partial charge in [-0.25, -0.2) is 9.36 Å². The van der Waals surface area contributed by atoms with Crippen LogP contribution in [0.4, 0.5) is 4.79 Å². The summed E-state index contributed by atoms with van der Waals surface area (Å²) >= 11 is 0. The van der Waals surface area contributed by atoms with Crippen LogP contribution in [0.3, 0.4) is 0 Å². The third kappa shape index (κ3) is 2.47. The topological polar surface area (TPSA) is 37.9 Å².